The standard InChI is InChI=1S/C9H9FO3S/c1-6(2)7-3-4-9(8(10)5-7)14(11,12)13/h3-5H,1H2,2H3,(H,11,12,13). The lowest BCUT2D eigenvalue weighted by molar-refractivity contribution is 0.473. The van der Waals surface area contributed by atoms with E-state index in [4.69, 9.17) is 4.55 Å². The molecule has 0 aliphatic rings. The summed E-state index contributed by atoms with van der Waals surface area (Å²) in [5.41, 5.74) is 1.11. The second-order valence-electron chi connectivity index (χ2n) is 2.90. The summed E-state index contributed by atoms with van der Waals surface area (Å²) in [6.45, 7) is 5.25. The van der Waals surface area contributed by atoms with Crippen molar-refractivity contribution < 1.29 is 17.4 Å². The van der Waals surface area contributed by atoms with Gasteiger partial charge in [0.05, 0.1) is 0 Å². The fraction of sp³-hybridized carbons (Fsp3) is 0.111. The molecule has 0 amide bonds. The maximum absolute atomic E-state index is 13.1. The van der Waals surface area contributed by atoms with Crippen molar-refractivity contribution in [3.8, 4) is 0 Å². The highest BCUT2D eigenvalue weighted by molar-refractivity contribution is 7.85. The predicted octanol–water partition coefficient (Wildman–Crippen LogP) is 2.11. The van der Waals surface area contributed by atoms with Crippen LogP contribution in [0.2, 0.25) is 0 Å². The number of rotatable bonds is 2. The Morgan fingerprint density at radius 2 is 2.07 bits per heavy atom. The number of halogens is 1. The fourth-order valence-electron chi connectivity index (χ4n) is 0.976. The monoisotopic (exact) mass is 216 g/mol. The first-order valence-corrected chi connectivity index (χ1v) is 5.19. The average Bonchev–Trinajstić information content (AvgIpc) is 2.01. The van der Waals surface area contributed by atoms with Crippen molar-refractivity contribution in [3.05, 3.63) is 36.2 Å². The number of hydrogen-bond donors (Lipinski definition) is 1. The van der Waals surface area contributed by atoms with Crippen molar-refractivity contribution in [1.82, 2.24) is 0 Å². The van der Waals surface area contributed by atoms with E-state index in [2.05, 4.69) is 6.58 Å². The first-order valence-electron chi connectivity index (χ1n) is 3.75. The normalized spacial score (nSPS) is 11.4. The van der Waals surface area contributed by atoms with E-state index < -0.39 is 20.8 Å². The molecule has 0 atom stereocenters. The van der Waals surface area contributed by atoms with E-state index in [1.165, 1.54) is 6.07 Å². The molecule has 0 heterocycles. The Kier molecular flexibility index (Phi) is 2.73. The molecule has 0 aromatic heterocycles. The highest BCUT2D eigenvalue weighted by atomic mass is 32.2. The zero-order valence-electron chi connectivity index (χ0n) is 7.49. The lowest BCUT2D eigenvalue weighted by atomic mass is 10.1. The lowest BCUT2D eigenvalue weighted by Crippen LogP contribution is -2.01. The molecular formula is C9H9FO3S. The van der Waals surface area contributed by atoms with Crippen LogP contribution in [0.3, 0.4) is 0 Å². The number of allylic oxidation sites excluding steroid dienone is 1. The second-order valence-corrected chi connectivity index (χ2v) is 4.29. The number of hydrogen-bond acceptors (Lipinski definition) is 2. The van der Waals surface area contributed by atoms with E-state index in [-0.39, 0.29) is 0 Å². The van der Waals surface area contributed by atoms with Crippen molar-refractivity contribution in [3.63, 3.8) is 0 Å². The second kappa shape index (κ2) is 3.51. The summed E-state index contributed by atoms with van der Waals surface area (Å²) in [5, 5.41) is 0. The topological polar surface area (TPSA) is 54.4 Å². The first kappa shape index (κ1) is 10.9. The average molecular weight is 216 g/mol. The van der Waals surface area contributed by atoms with Crippen LogP contribution in [0.4, 0.5) is 4.39 Å². The third kappa shape index (κ3) is 2.18. The van der Waals surface area contributed by atoms with Crippen LogP contribution >= 0.6 is 0 Å². The minimum atomic E-state index is -4.48. The molecule has 14 heavy (non-hydrogen) atoms. The Labute approximate surface area is 81.6 Å². The van der Waals surface area contributed by atoms with Gasteiger partial charge in [-0.1, -0.05) is 18.2 Å². The Bertz CT molecular complexity index is 477. The molecule has 0 unspecified atom stereocenters. The molecule has 76 valence electrons. The van der Waals surface area contributed by atoms with Crippen LogP contribution < -0.4 is 0 Å². The van der Waals surface area contributed by atoms with E-state index in [1.54, 1.807) is 6.92 Å². The van der Waals surface area contributed by atoms with Crippen LogP contribution in [0.15, 0.2) is 29.7 Å². The molecular weight excluding hydrogens is 207 g/mol. The summed E-state index contributed by atoms with van der Waals surface area (Å²) in [6.07, 6.45) is 0. The number of benzene rings is 1. The highest BCUT2D eigenvalue weighted by Gasteiger charge is 2.15. The minimum absolute atomic E-state index is 0.495. The summed E-state index contributed by atoms with van der Waals surface area (Å²) in [4.78, 5) is -0.720. The summed E-state index contributed by atoms with van der Waals surface area (Å²) < 4.78 is 43.0. The molecule has 1 aromatic rings. The molecule has 0 saturated carbocycles. The summed E-state index contributed by atoms with van der Waals surface area (Å²) in [7, 11) is -4.48. The van der Waals surface area contributed by atoms with Crippen molar-refractivity contribution in [2.45, 2.75) is 11.8 Å². The molecule has 1 aromatic carbocycles. The molecule has 5 heteroatoms. The van der Waals surface area contributed by atoms with Gasteiger partial charge in [0.25, 0.3) is 10.1 Å². The fourth-order valence-corrected chi connectivity index (χ4v) is 1.52. The lowest BCUT2D eigenvalue weighted by Gasteiger charge is -2.02. The van der Waals surface area contributed by atoms with Gasteiger partial charge in [0.15, 0.2) is 0 Å². The first-order chi connectivity index (χ1) is 6.32. The third-order valence-electron chi connectivity index (χ3n) is 1.70. The molecule has 1 N–H and O–H groups in total. The van der Waals surface area contributed by atoms with Crippen molar-refractivity contribution in [2.24, 2.45) is 0 Å². The summed E-state index contributed by atoms with van der Waals surface area (Å²) >= 11 is 0. The molecule has 0 bridgehead atoms. The van der Waals surface area contributed by atoms with Crippen LogP contribution in [0.1, 0.15) is 12.5 Å². The molecule has 1 rings (SSSR count). The molecule has 0 fully saturated rings. The molecule has 0 spiro atoms. The summed E-state index contributed by atoms with van der Waals surface area (Å²) in [5.74, 6) is -0.979. The molecule has 3 nitrogen and oxygen atoms in total. The van der Waals surface area contributed by atoms with Crippen LogP contribution in [-0.2, 0) is 10.1 Å². The van der Waals surface area contributed by atoms with Gasteiger partial charge in [-0.2, -0.15) is 8.42 Å². The van der Waals surface area contributed by atoms with Crippen LogP contribution in [-0.4, -0.2) is 13.0 Å². The van der Waals surface area contributed by atoms with Gasteiger partial charge in [-0.3, -0.25) is 4.55 Å². The van der Waals surface area contributed by atoms with Gasteiger partial charge in [-0.25, -0.2) is 4.39 Å². The Hall–Kier alpha value is -1.20. The van der Waals surface area contributed by atoms with Gasteiger partial charge in [-0.15, -0.1) is 0 Å². The van der Waals surface area contributed by atoms with Gasteiger partial charge in [0.2, 0.25) is 0 Å². The Balaban J connectivity index is 3.35. The molecule has 0 aliphatic carbocycles. The van der Waals surface area contributed by atoms with E-state index in [1.807, 2.05) is 0 Å². The van der Waals surface area contributed by atoms with E-state index >= 15 is 0 Å². The summed E-state index contributed by atoms with van der Waals surface area (Å²) in [6, 6.07) is 3.41. The minimum Gasteiger partial charge on any atom is -0.282 e. The molecule has 0 aliphatic heterocycles. The van der Waals surface area contributed by atoms with Crippen molar-refractivity contribution in [1.29, 1.82) is 0 Å². The van der Waals surface area contributed by atoms with Gasteiger partial charge in [0, 0.05) is 0 Å². The van der Waals surface area contributed by atoms with E-state index in [9.17, 15) is 12.8 Å². The van der Waals surface area contributed by atoms with Crippen LogP contribution in [0.25, 0.3) is 5.57 Å². The SMILES string of the molecule is C=C(C)c1ccc(S(=O)(=O)O)c(F)c1. The Morgan fingerprint density at radius 3 is 2.43 bits per heavy atom. The third-order valence-corrected chi connectivity index (χ3v) is 2.59. The van der Waals surface area contributed by atoms with E-state index in [0.29, 0.717) is 11.1 Å². The van der Waals surface area contributed by atoms with Crippen molar-refractivity contribution in [2.75, 3.05) is 0 Å². The smallest absolute Gasteiger partial charge is 0.282 e. The highest BCUT2D eigenvalue weighted by Crippen LogP contribution is 2.19. The van der Waals surface area contributed by atoms with E-state index in [0.717, 1.165) is 12.1 Å². The zero-order valence-corrected chi connectivity index (χ0v) is 8.31. The maximum atomic E-state index is 13.1. The largest absolute Gasteiger partial charge is 0.297 e. The van der Waals surface area contributed by atoms with Crippen LogP contribution in [0, 0.1) is 5.82 Å². The van der Waals surface area contributed by atoms with Gasteiger partial charge in [0.1, 0.15) is 10.7 Å². The molecule has 0 saturated heterocycles. The predicted molar refractivity (Wildman–Crippen MR) is 50.9 cm³/mol. The quantitative estimate of drug-likeness (QED) is 0.770. The van der Waals surface area contributed by atoms with Gasteiger partial charge < -0.3 is 0 Å². The van der Waals surface area contributed by atoms with Crippen LogP contribution in [0.5, 0.6) is 0 Å². The molecule has 0 radical (unpaired) electrons. The zero-order chi connectivity index (χ0) is 10.9. The Morgan fingerprint density at radius 1 is 1.50 bits per heavy atom. The van der Waals surface area contributed by atoms with Crippen molar-refractivity contribution >= 4 is 15.7 Å². The maximum Gasteiger partial charge on any atom is 0.297 e. The van der Waals surface area contributed by atoms with Gasteiger partial charge >= 0.3 is 0 Å². The van der Waals surface area contributed by atoms with Gasteiger partial charge in [-0.05, 0) is 24.6 Å².